The van der Waals surface area contributed by atoms with Crippen LogP contribution in [0, 0.1) is 0 Å². The van der Waals surface area contributed by atoms with Gasteiger partial charge in [0.2, 0.25) is 0 Å². The molecule has 0 spiro atoms. The van der Waals surface area contributed by atoms with Crippen molar-refractivity contribution in [2.24, 2.45) is 0 Å². The molecule has 2 aromatic rings. The van der Waals surface area contributed by atoms with Crippen LogP contribution in [0.3, 0.4) is 0 Å². The standard InChI is InChI=1S/C11H13N3OS/c1-8(2)6-14-11(9(7-15)12-13-14)10-4-3-5-16-10/h3-5,15H,1,6-7H2,2H3. The summed E-state index contributed by atoms with van der Waals surface area (Å²) in [7, 11) is 0. The molecule has 0 aliphatic rings. The van der Waals surface area contributed by atoms with E-state index in [0.29, 0.717) is 12.2 Å². The van der Waals surface area contributed by atoms with Gasteiger partial charge in [-0.15, -0.1) is 16.4 Å². The summed E-state index contributed by atoms with van der Waals surface area (Å²) in [6, 6.07) is 3.97. The Bertz CT molecular complexity index is 487. The van der Waals surface area contributed by atoms with Gasteiger partial charge in [0.1, 0.15) is 11.4 Å². The lowest BCUT2D eigenvalue weighted by Crippen LogP contribution is -2.03. The number of allylic oxidation sites excluding steroid dienone is 1. The molecule has 1 N–H and O–H groups in total. The second kappa shape index (κ2) is 4.59. The molecule has 0 saturated carbocycles. The molecule has 5 heteroatoms. The Balaban J connectivity index is 2.47. The maximum Gasteiger partial charge on any atom is 0.117 e. The van der Waals surface area contributed by atoms with E-state index in [1.807, 2.05) is 24.4 Å². The summed E-state index contributed by atoms with van der Waals surface area (Å²) < 4.78 is 1.78. The van der Waals surface area contributed by atoms with E-state index in [0.717, 1.165) is 16.1 Å². The molecule has 0 aliphatic heterocycles. The number of aliphatic hydroxyl groups excluding tert-OH is 1. The normalized spacial score (nSPS) is 10.6. The van der Waals surface area contributed by atoms with Crippen molar-refractivity contribution in [3.05, 3.63) is 35.4 Å². The van der Waals surface area contributed by atoms with Gasteiger partial charge in [-0.2, -0.15) is 0 Å². The van der Waals surface area contributed by atoms with Crippen LogP contribution in [-0.4, -0.2) is 20.1 Å². The molecule has 0 fully saturated rings. The minimum absolute atomic E-state index is 0.0938. The number of aliphatic hydroxyl groups is 1. The van der Waals surface area contributed by atoms with E-state index in [2.05, 4.69) is 16.9 Å². The van der Waals surface area contributed by atoms with Crippen LogP contribution in [0.1, 0.15) is 12.6 Å². The SMILES string of the molecule is C=C(C)Cn1nnc(CO)c1-c1cccs1. The quantitative estimate of drug-likeness (QED) is 0.825. The molecule has 16 heavy (non-hydrogen) atoms. The van der Waals surface area contributed by atoms with Crippen molar-refractivity contribution >= 4 is 11.3 Å². The topological polar surface area (TPSA) is 50.9 Å². The van der Waals surface area contributed by atoms with Crippen molar-refractivity contribution in [2.75, 3.05) is 0 Å². The third kappa shape index (κ3) is 2.05. The summed E-state index contributed by atoms with van der Waals surface area (Å²) in [5, 5.41) is 19.2. The highest BCUT2D eigenvalue weighted by Crippen LogP contribution is 2.27. The minimum atomic E-state index is -0.0938. The Morgan fingerprint density at radius 1 is 1.62 bits per heavy atom. The smallest absolute Gasteiger partial charge is 0.117 e. The maximum atomic E-state index is 9.23. The number of hydrogen-bond donors (Lipinski definition) is 1. The lowest BCUT2D eigenvalue weighted by atomic mass is 10.2. The lowest BCUT2D eigenvalue weighted by Gasteiger charge is -2.05. The van der Waals surface area contributed by atoms with Gasteiger partial charge in [0.25, 0.3) is 0 Å². The largest absolute Gasteiger partial charge is 0.390 e. The van der Waals surface area contributed by atoms with Crippen LogP contribution in [0.15, 0.2) is 29.7 Å². The Labute approximate surface area is 97.9 Å². The first-order valence-electron chi connectivity index (χ1n) is 4.94. The summed E-state index contributed by atoms with van der Waals surface area (Å²) in [5.74, 6) is 0. The highest BCUT2D eigenvalue weighted by atomic mass is 32.1. The molecule has 0 aromatic carbocycles. The van der Waals surface area contributed by atoms with Crippen LogP contribution in [0.25, 0.3) is 10.6 Å². The second-order valence-corrected chi connectivity index (χ2v) is 4.58. The molecule has 2 rings (SSSR count). The van der Waals surface area contributed by atoms with E-state index in [1.165, 1.54) is 0 Å². The average molecular weight is 235 g/mol. The zero-order valence-corrected chi connectivity index (χ0v) is 9.87. The maximum absolute atomic E-state index is 9.23. The van der Waals surface area contributed by atoms with Crippen LogP contribution in [0.4, 0.5) is 0 Å². The van der Waals surface area contributed by atoms with Gasteiger partial charge in [-0.05, 0) is 18.4 Å². The van der Waals surface area contributed by atoms with Crippen LogP contribution in [0.5, 0.6) is 0 Å². The molecule has 0 radical (unpaired) electrons. The van der Waals surface area contributed by atoms with Crippen LogP contribution in [0.2, 0.25) is 0 Å². The van der Waals surface area contributed by atoms with Crippen molar-refractivity contribution in [2.45, 2.75) is 20.1 Å². The Morgan fingerprint density at radius 2 is 2.44 bits per heavy atom. The van der Waals surface area contributed by atoms with E-state index < -0.39 is 0 Å². The first-order valence-corrected chi connectivity index (χ1v) is 5.82. The number of thiophene rings is 1. The van der Waals surface area contributed by atoms with Crippen LogP contribution in [-0.2, 0) is 13.2 Å². The van der Waals surface area contributed by atoms with Crippen molar-refractivity contribution in [1.82, 2.24) is 15.0 Å². The zero-order chi connectivity index (χ0) is 11.5. The molecule has 0 bridgehead atoms. The van der Waals surface area contributed by atoms with Gasteiger partial charge in [0.15, 0.2) is 0 Å². The van der Waals surface area contributed by atoms with E-state index in [1.54, 1.807) is 16.0 Å². The summed E-state index contributed by atoms with van der Waals surface area (Å²) in [4.78, 5) is 1.07. The number of nitrogens with zero attached hydrogens (tertiary/aromatic N) is 3. The predicted molar refractivity (Wildman–Crippen MR) is 64.1 cm³/mol. The van der Waals surface area contributed by atoms with Gasteiger partial charge in [-0.3, -0.25) is 0 Å². The fraction of sp³-hybridized carbons (Fsp3) is 0.273. The van der Waals surface area contributed by atoms with Crippen molar-refractivity contribution in [3.8, 4) is 10.6 Å². The molecule has 0 unspecified atom stereocenters. The van der Waals surface area contributed by atoms with Gasteiger partial charge in [-0.25, -0.2) is 4.68 Å². The van der Waals surface area contributed by atoms with Gasteiger partial charge in [-0.1, -0.05) is 23.4 Å². The molecule has 0 amide bonds. The fourth-order valence-electron chi connectivity index (χ4n) is 1.50. The summed E-state index contributed by atoms with van der Waals surface area (Å²) >= 11 is 1.61. The van der Waals surface area contributed by atoms with Gasteiger partial charge < -0.3 is 5.11 Å². The first-order chi connectivity index (χ1) is 7.72. The third-order valence-corrected chi connectivity index (χ3v) is 3.01. The highest BCUT2D eigenvalue weighted by Gasteiger charge is 2.14. The second-order valence-electron chi connectivity index (χ2n) is 3.63. The van der Waals surface area contributed by atoms with Gasteiger partial charge in [0, 0.05) is 0 Å². The van der Waals surface area contributed by atoms with Crippen molar-refractivity contribution in [3.63, 3.8) is 0 Å². The molecular formula is C11H13N3OS. The van der Waals surface area contributed by atoms with Crippen molar-refractivity contribution in [1.29, 1.82) is 0 Å². The van der Waals surface area contributed by atoms with Gasteiger partial charge >= 0.3 is 0 Å². The Hall–Kier alpha value is -1.46. The summed E-state index contributed by atoms with van der Waals surface area (Å²) in [5.41, 5.74) is 2.51. The lowest BCUT2D eigenvalue weighted by molar-refractivity contribution is 0.277. The summed E-state index contributed by atoms with van der Waals surface area (Å²) in [6.07, 6.45) is 0. The fourth-order valence-corrected chi connectivity index (χ4v) is 2.30. The molecule has 4 nitrogen and oxygen atoms in total. The first kappa shape index (κ1) is 11.0. The molecule has 84 valence electrons. The third-order valence-electron chi connectivity index (χ3n) is 2.13. The highest BCUT2D eigenvalue weighted by molar-refractivity contribution is 7.13. The van der Waals surface area contributed by atoms with E-state index >= 15 is 0 Å². The molecule has 2 aromatic heterocycles. The molecule has 2 heterocycles. The van der Waals surface area contributed by atoms with Gasteiger partial charge in [0.05, 0.1) is 18.0 Å². The minimum Gasteiger partial charge on any atom is -0.390 e. The van der Waals surface area contributed by atoms with Crippen LogP contribution < -0.4 is 0 Å². The number of rotatable bonds is 4. The summed E-state index contributed by atoms with van der Waals surface area (Å²) in [6.45, 7) is 6.33. The van der Waals surface area contributed by atoms with E-state index in [-0.39, 0.29) is 6.61 Å². The average Bonchev–Trinajstić information content (AvgIpc) is 2.84. The van der Waals surface area contributed by atoms with Crippen LogP contribution >= 0.6 is 11.3 Å². The number of aromatic nitrogens is 3. The molecule has 0 aliphatic carbocycles. The Kier molecular flexibility index (Phi) is 3.17. The monoisotopic (exact) mass is 235 g/mol. The molecule has 0 atom stereocenters. The predicted octanol–water partition coefficient (Wildman–Crippen LogP) is 2.07. The number of hydrogen-bond acceptors (Lipinski definition) is 4. The molecular weight excluding hydrogens is 222 g/mol. The zero-order valence-electron chi connectivity index (χ0n) is 9.05. The molecule has 0 saturated heterocycles. The Morgan fingerprint density at radius 3 is 3.00 bits per heavy atom. The van der Waals surface area contributed by atoms with E-state index in [4.69, 9.17) is 0 Å². The van der Waals surface area contributed by atoms with E-state index in [9.17, 15) is 5.11 Å². The van der Waals surface area contributed by atoms with Crippen molar-refractivity contribution < 1.29 is 5.11 Å².